The van der Waals surface area contributed by atoms with Gasteiger partial charge >= 0.3 is 0 Å². The van der Waals surface area contributed by atoms with Crippen LogP contribution < -0.4 is 4.74 Å². The Morgan fingerprint density at radius 2 is 1.83 bits per heavy atom. The summed E-state index contributed by atoms with van der Waals surface area (Å²) in [7, 11) is 0. The van der Waals surface area contributed by atoms with Gasteiger partial charge in [-0.15, -0.1) is 10.2 Å². The molecule has 3 aromatic rings. The zero-order chi connectivity index (χ0) is 20.1. The number of ether oxygens (including phenoxy) is 1. The van der Waals surface area contributed by atoms with E-state index in [1.807, 2.05) is 53.1 Å². The van der Waals surface area contributed by atoms with Gasteiger partial charge in [-0.25, -0.2) is 0 Å². The maximum absolute atomic E-state index is 12.5. The van der Waals surface area contributed by atoms with E-state index < -0.39 is 0 Å². The van der Waals surface area contributed by atoms with Crippen LogP contribution in [0.3, 0.4) is 0 Å². The highest BCUT2D eigenvalue weighted by atomic mass is 35.5. The smallest absolute Gasteiger partial charge is 0.196 e. The van der Waals surface area contributed by atoms with Gasteiger partial charge in [0.25, 0.3) is 0 Å². The third-order valence-electron chi connectivity index (χ3n) is 4.90. The molecular formula is C22H22ClN3O2S. The maximum atomic E-state index is 12.5. The van der Waals surface area contributed by atoms with E-state index in [9.17, 15) is 4.79 Å². The Balaban J connectivity index is 1.62. The lowest BCUT2D eigenvalue weighted by atomic mass is 10.2. The van der Waals surface area contributed by atoms with Crippen LogP contribution in [0.1, 0.15) is 37.9 Å². The van der Waals surface area contributed by atoms with Gasteiger partial charge in [0.05, 0.1) is 10.3 Å². The Morgan fingerprint density at radius 1 is 1.03 bits per heavy atom. The summed E-state index contributed by atoms with van der Waals surface area (Å²) in [4.78, 5) is 12.5. The van der Waals surface area contributed by atoms with Crippen molar-refractivity contribution in [2.45, 2.75) is 49.1 Å². The minimum Gasteiger partial charge on any atom is -0.484 e. The molecular weight excluding hydrogens is 406 g/mol. The first-order valence-corrected chi connectivity index (χ1v) is 11.0. The summed E-state index contributed by atoms with van der Waals surface area (Å²) in [5.74, 6) is 1.58. The number of benzene rings is 2. The third-order valence-corrected chi connectivity index (χ3v) is 6.47. The largest absolute Gasteiger partial charge is 0.484 e. The van der Waals surface area contributed by atoms with Crippen molar-refractivity contribution in [1.82, 2.24) is 14.8 Å². The number of carbonyl (C=O) groups excluding carboxylic acids is 1. The Hall–Kier alpha value is -2.31. The molecule has 0 N–H and O–H groups in total. The van der Waals surface area contributed by atoms with Crippen LogP contribution in [0.2, 0.25) is 5.02 Å². The Morgan fingerprint density at radius 3 is 2.66 bits per heavy atom. The number of aromatic nitrogens is 3. The molecule has 0 spiro atoms. The molecule has 5 nitrogen and oxygen atoms in total. The number of carbonyl (C=O) groups is 1. The van der Waals surface area contributed by atoms with E-state index in [4.69, 9.17) is 16.3 Å². The van der Waals surface area contributed by atoms with Crippen LogP contribution >= 0.6 is 23.4 Å². The molecule has 0 aliphatic heterocycles. The van der Waals surface area contributed by atoms with Crippen LogP contribution in [0.25, 0.3) is 5.69 Å². The fourth-order valence-electron chi connectivity index (χ4n) is 3.39. The molecule has 1 fully saturated rings. The molecule has 7 heteroatoms. The Labute approximate surface area is 179 Å². The maximum Gasteiger partial charge on any atom is 0.196 e. The van der Waals surface area contributed by atoms with E-state index >= 15 is 0 Å². The van der Waals surface area contributed by atoms with Crippen molar-refractivity contribution >= 4 is 29.1 Å². The van der Waals surface area contributed by atoms with E-state index in [-0.39, 0.29) is 11.9 Å². The number of rotatable bonds is 6. The van der Waals surface area contributed by atoms with Gasteiger partial charge in [0.15, 0.2) is 11.0 Å². The van der Waals surface area contributed by atoms with Crippen molar-refractivity contribution in [1.29, 1.82) is 0 Å². The van der Waals surface area contributed by atoms with E-state index in [1.165, 1.54) is 11.8 Å². The van der Waals surface area contributed by atoms with Crippen molar-refractivity contribution < 1.29 is 9.53 Å². The first-order valence-electron chi connectivity index (χ1n) is 9.79. The van der Waals surface area contributed by atoms with Crippen LogP contribution in [-0.2, 0) is 11.4 Å². The quantitative estimate of drug-likeness (QED) is 0.486. The average Bonchev–Trinajstić information content (AvgIpc) is 3.03. The molecule has 150 valence electrons. The minimum atomic E-state index is -0.0681. The van der Waals surface area contributed by atoms with E-state index in [0.29, 0.717) is 34.0 Å². The molecule has 2 aromatic carbocycles. The van der Waals surface area contributed by atoms with Crippen molar-refractivity contribution in [3.05, 3.63) is 65.4 Å². The summed E-state index contributed by atoms with van der Waals surface area (Å²) in [6.45, 7) is 0.227. The van der Waals surface area contributed by atoms with Crippen molar-refractivity contribution in [2.24, 2.45) is 0 Å². The highest BCUT2D eigenvalue weighted by Crippen LogP contribution is 2.32. The van der Waals surface area contributed by atoms with Gasteiger partial charge < -0.3 is 4.74 Å². The van der Waals surface area contributed by atoms with Crippen LogP contribution in [-0.4, -0.2) is 25.8 Å². The lowest BCUT2D eigenvalue weighted by Gasteiger charge is -2.15. The summed E-state index contributed by atoms with van der Waals surface area (Å²) in [5, 5.41) is 9.96. The number of para-hydroxylation sites is 2. The number of ketones is 1. The predicted octanol–water partition coefficient (Wildman–Crippen LogP) is 5.49. The summed E-state index contributed by atoms with van der Waals surface area (Å²) < 4.78 is 7.87. The molecule has 29 heavy (non-hydrogen) atoms. The van der Waals surface area contributed by atoms with Gasteiger partial charge in [-0.2, -0.15) is 0 Å². The Kier molecular flexibility index (Phi) is 6.52. The summed E-state index contributed by atoms with van der Waals surface area (Å²) in [5.41, 5.74) is 0.943. The summed E-state index contributed by atoms with van der Waals surface area (Å²) in [6, 6.07) is 17.3. The van der Waals surface area contributed by atoms with Gasteiger partial charge in [0.2, 0.25) is 0 Å². The lowest BCUT2D eigenvalue weighted by molar-refractivity contribution is -0.118. The minimum absolute atomic E-state index is 0.0681. The molecule has 1 saturated carbocycles. The SMILES string of the molecule is O=C1CCCCCC1Sc1nnc(COc2ccccc2Cl)n1-c1ccccc1. The second-order valence-electron chi connectivity index (χ2n) is 6.96. The lowest BCUT2D eigenvalue weighted by Crippen LogP contribution is -2.16. The normalized spacial score (nSPS) is 17.1. The summed E-state index contributed by atoms with van der Waals surface area (Å²) >= 11 is 7.71. The van der Waals surface area contributed by atoms with Crippen molar-refractivity contribution in [3.63, 3.8) is 0 Å². The highest BCUT2D eigenvalue weighted by molar-refractivity contribution is 8.00. The molecule has 1 aliphatic rings. The van der Waals surface area contributed by atoms with E-state index in [2.05, 4.69) is 10.2 Å². The topological polar surface area (TPSA) is 57.0 Å². The van der Waals surface area contributed by atoms with Gasteiger partial charge in [0.1, 0.15) is 18.1 Å². The standard InChI is InChI=1S/C22H22ClN3O2S/c23-17-11-7-8-13-19(17)28-15-21-24-25-22(26(21)16-9-3-1-4-10-16)29-20-14-6-2-5-12-18(20)27/h1,3-4,7-11,13,20H,2,5-6,12,14-15H2. The van der Waals surface area contributed by atoms with Gasteiger partial charge in [-0.1, -0.05) is 66.5 Å². The second-order valence-corrected chi connectivity index (χ2v) is 8.54. The van der Waals surface area contributed by atoms with Crippen LogP contribution in [0.4, 0.5) is 0 Å². The van der Waals surface area contributed by atoms with Gasteiger partial charge in [0, 0.05) is 12.1 Å². The molecule has 0 saturated heterocycles. The number of thioether (sulfide) groups is 1. The molecule has 0 radical (unpaired) electrons. The van der Waals surface area contributed by atoms with E-state index in [1.54, 1.807) is 6.07 Å². The molecule has 1 aromatic heterocycles. The number of halogens is 1. The number of hydrogen-bond donors (Lipinski definition) is 0. The fraction of sp³-hybridized carbons (Fsp3) is 0.318. The average molecular weight is 428 g/mol. The Bertz CT molecular complexity index is 977. The van der Waals surface area contributed by atoms with Crippen molar-refractivity contribution in [3.8, 4) is 11.4 Å². The second kappa shape index (κ2) is 9.46. The highest BCUT2D eigenvalue weighted by Gasteiger charge is 2.25. The molecule has 0 bridgehead atoms. The van der Waals surface area contributed by atoms with Crippen LogP contribution in [0.15, 0.2) is 59.8 Å². The number of hydrogen-bond acceptors (Lipinski definition) is 5. The fourth-order valence-corrected chi connectivity index (χ4v) is 4.77. The van der Waals surface area contributed by atoms with Crippen LogP contribution in [0, 0.1) is 0 Å². The van der Waals surface area contributed by atoms with Crippen LogP contribution in [0.5, 0.6) is 5.75 Å². The zero-order valence-corrected chi connectivity index (χ0v) is 17.5. The molecule has 0 amide bonds. The molecule has 4 rings (SSSR count). The first kappa shape index (κ1) is 20.0. The molecule has 1 heterocycles. The number of Topliss-reactive ketones (excluding diaryl/α,β-unsaturated/α-hetero) is 1. The van der Waals surface area contributed by atoms with Crippen molar-refractivity contribution in [2.75, 3.05) is 0 Å². The summed E-state index contributed by atoms with van der Waals surface area (Å²) in [6.07, 6.45) is 4.71. The monoisotopic (exact) mass is 427 g/mol. The zero-order valence-electron chi connectivity index (χ0n) is 16.0. The number of nitrogens with zero attached hydrogens (tertiary/aromatic N) is 3. The third kappa shape index (κ3) is 4.82. The van der Waals surface area contributed by atoms with E-state index in [0.717, 1.165) is 31.4 Å². The predicted molar refractivity (Wildman–Crippen MR) is 115 cm³/mol. The molecule has 1 atom stereocenters. The molecule has 1 aliphatic carbocycles. The molecule has 1 unspecified atom stereocenters. The van der Waals surface area contributed by atoms with Gasteiger partial charge in [-0.05, 0) is 37.1 Å². The van der Waals surface area contributed by atoms with Gasteiger partial charge in [-0.3, -0.25) is 9.36 Å². The first-order chi connectivity index (χ1) is 14.2.